The van der Waals surface area contributed by atoms with Gasteiger partial charge in [-0.1, -0.05) is 0 Å². The van der Waals surface area contributed by atoms with Gasteiger partial charge in [-0.2, -0.15) is 0 Å². The van der Waals surface area contributed by atoms with Crippen LogP contribution in [0.5, 0.6) is 0 Å². The van der Waals surface area contributed by atoms with Gasteiger partial charge in [-0.25, -0.2) is 0 Å². The van der Waals surface area contributed by atoms with E-state index in [0.717, 1.165) is 12.8 Å². The molecule has 0 aromatic rings. The fourth-order valence-corrected chi connectivity index (χ4v) is 2.73. The van der Waals surface area contributed by atoms with E-state index in [9.17, 15) is 4.79 Å². The zero-order valence-electron chi connectivity index (χ0n) is 9.88. The molecule has 1 unspecified atom stereocenters. The summed E-state index contributed by atoms with van der Waals surface area (Å²) in [7, 11) is 0. The van der Waals surface area contributed by atoms with Crippen LogP contribution in [-0.4, -0.2) is 30.9 Å². The summed E-state index contributed by atoms with van der Waals surface area (Å²) in [5, 5.41) is 7.56. The maximum absolute atomic E-state index is 11.2. The quantitative estimate of drug-likeness (QED) is 0.240. The summed E-state index contributed by atoms with van der Waals surface area (Å²) in [4.78, 5) is 11.2. The summed E-state index contributed by atoms with van der Waals surface area (Å²) in [5.74, 6) is -0.338. The first kappa shape index (κ1) is 17.5. The van der Waals surface area contributed by atoms with Crippen molar-refractivity contribution in [2.75, 3.05) is 13.2 Å². The fraction of sp³-hybridized carbons (Fsp3) is 0.800. The van der Waals surface area contributed by atoms with Crippen LogP contribution in [0.25, 0.3) is 0 Å². The fourth-order valence-electron chi connectivity index (χ4n) is 1.14. The second-order valence-corrected chi connectivity index (χ2v) is 6.57. The van der Waals surface area contributed by atoms with Gasteiger partial charge in [-0.05, 0) is 0 Å². The zero-order valence-corrected chi connectivity index (χ0v) is 14.2. The van der Waals surface area contributed by atoms with E-state index < -0.39 is 23.7 Å². The van der Waals surface area contributed by atoms with E-state index in [1.54, 1.807) is 0 Å². The molecule has 0 amide bonds. The van der Waals surface area contributed by atoms with Crippen LogP contribution in [0.1, 0.15) is 32.6 Å². The Balaban J connectivity index is 3.45. The van der Waals surface area contributed by atoms with Gasteiger partial charge in [0.1, 0.15) is 0 Å². The number of ether oxygens (including phenoxy) is 1. The number of carbonyl (C=O) groups excluding carboxylic acids is 1. The Kier molecular flexibility index (Phi) is 12.0. The standard InChI is InChI=1S/C10H19I2N2O3/c1-2-3-8(13)4-6-16-7-5-9(14)10(15)17-12-11/h9,13H,2-7,14H2,1H3/q-1. The molecule has 0 saturated heterocycles. The van der Waals surface area contributed by atoms with Crippen LogP contribution < -0.4 is 23.4 Å². The van der Waals surface area contributed by atoms with Crippen LogP contribution in [0.15, 0.2) is 0 Å². The molecule has 0 rings (SSSR count). The van der Waals surface area contributed by atoms with Gasteiger partial charge in [0, 0.05) is 0 Å². The number of carbonyl (C=O) groups is 1. The number of nitrogens with two attached hydrogens (primary N) is 1. The second kappa shape index (κ2) is 11.6. The Hall–Kier alpha value is 0.520. The molecule has 0 heterocycles. The second-order valence-electron chi connectivity index (χ2n) is 3.57. The minimum atomic E-state index is -0.584. The monoisotopic (exact) mass is 469 g/mol. The Labute approximate surface area is 123 Å². The first-order chi connectivity index (χ1) is 8.11. The molecule has 0 radical (unpaired) electrons. The summed E-state index contributed by atoms with van der Waals surface area (Å²) < 4.78 is 10.2. The van der Waals surface area contributed by atoms with Crippen molar-refractivity contribution < 1.29 is 30.2 Å². The molecule has 0 spiro atoms. The van der Waals surface area contributed by atoms with E-state index in [1.165, 1.54) is 0 Å². The number of hydrogen-bond donors (Lipinski definition) is 2. The van der Waals surface area contributed by atoms with Crippen LogP contribution >= 0.6 is 18.6 Å². The summed E-state index contributed by atoms with van der Waals surface area (Å²) in [6.07, 6.45) is 2.95. The molecule has 17 heavy (non-hydrogen) atoms. The van der Waals surface area contributed by atoms with Crippen molar-refractivity contribution in [3.63, 3.8) is 0 Å². The molecule has 0 aromatic heterocycles. The van der Waals surface area contributed by atoms with Gasteiger partial charge in [0.2, 0.25) is 0 Å². The van der Waals surface area contributed by atoms with Crippen LogP contribution in [0.3, 0.4) is 0 Å². The van der Waals surface area contributed by atoms with Crippen LogP contribution in [-0.2, 0) is 12.6 Å². The van der Waals surface area contributed by atoms with Gasteiger partial charge in [0.25, 0.3) is 0 Å². The van der Waals surface area contributed by atoms with Crippen molar-refractivity contribution in [1.29, 1.82) is 5.41 Å². The maximum atomic E-state index is 11.2. The number of hydrogen-bond acceptors (Lipinski definition) is 5. The number of halogens is 2. The topological polar surface area (TPSA) is 85.4 Å². The molecule has 0 bridgehead atoms. The van der Waals surface area contributed by atoms with E-state index in [1.807, 2.05) is 0 Å². The summed E-state index contributed by atoms with van der Waals surface area (Å²) in [6.45, 7) is 3.02. The van der Waals surface area contributed by atoms with Crippen LogP contribution in [0.2, 0.25) is 0 Å². The summed E-state index contributed by atoms with van der Waals surface area (Å²) >= 11 is 1.53. The molecule has 102 valence electrons. The van der Waals surface area contributed by atoms with Crippen molar-refractivity contribution >= 4 is 30.3 Å². The molecule has 1 atom stereocenters. The van der Waals surface area contributed by atoms with Crippen molar-refractivity contribution in [1.82, 2.24) is 0 Å². The van der Waals surface area contributed by atoms with Crippen LogP contribution in [0.4, 0.5) is 0 Å². The SMILES string of the molecule is CCCC(=N)CCOCCC(N)C(=O)O[I-]I. The van der Waals surface area contributed by atoms with E-state index in [2.05, 4.69) is 25.5 Å². The van der Waals surface area contributed by atoms with Crippen LogP contribution in [0, 0.1) is 5.41 Å². The molecule has 0 aliphatic carbocycles. The molecule has 5 nitrogen and oxygen atoms in total. The van der Waals surface area contributed by atoms with Gasteiger partial charge in [-0.15, -0.1) is 0 Å². The Morgan fingerprint density at radius 1 is 1.47 bits per heavy atom. The van der Waals surface area contributed by atoms with Crippen molar-refractivity contribution in [2.24, 2.45) is 5.73 Å². The third kappa shape index (κ3) is 10.2. The first-order valence-electron chi connectivity index (χ1n) is 5.48. The zero-order chi connectivity index (χ0) is 13.1. The average Bonchev–Trinajstić information content (AvgIpc) is 2.29. The third-order valence-corrected chi connectivity index (χ3v) is 3.80. The molecule has 0 aliphatic rings. The minimum absolute atomic E-state index is 0.338. The molecule has 3 N–H and O–H groups in total. The molecule has 0 aromatic carbocycles. The van der Waals surface area contributed by atoms with Gasteiger partial charge in [0.15, 0.2) is 0 Å². The number of nitrogens with one attached hydrogen (secondary N) is 1. The Morgan fingerprint density at radius 3 is 2.76 bits per heavy atom. The Bertz CT molecular complexity index is 240. The Morgan fingerprint density at radius 2 is 2.18 bits per heavy atom. The molecule has 0 saturated carbocycles. The van der Waals surface area contributed by atoms with E-state index in [0.29, 0.717) is 31.8 Å². The summed E-state index contributed by atoms with van der Waals surface area (Å²) in [5.41, 5.74) is 6.32. The normalized spacial score (nSPS) is 12.4. The predicted octanol–water partition coefficient (Wildman–Crippen LogP) is -1.17. The van der Waals surface area contributed by atoms with Gasteiger partial charge in [-0.3, -0.25) is 0 Å². The van der Waals surface area contributed by atoms with Gasteiger partial charge < -0.3 is 0 Å². The number of rotatable bonds is 10. The van der Waals surface area contributed by atoms with Gasteiger partial charge >= 0.3 is 124 Å². The van der Waals surface area contributed by atoms with E-state index >= 15 is 0 Å². The molecule has 0 fully saturated rings. The third-order valence-electron chi connectivity index (χ3n) is 2.08. The molecule has 0 aliphatic heterocycles. The van der Waals surface area contributed by atoms with Crippen molar-refractivity contribution in [3.8, 4) is 0 Å². The average molecular weight is 469 g/mol. The first-order valence-corrected chi connectivity index (χ1v) is 12.6. The molecular weight excluding hydrogens is 450 g/mol. The molecule has 7 heteroatoms. The van der Waals surface area contributed by atoms with Gasteiger partial charge in [0.05, 0.1) is 0 Å². The van der Waals surface area contributed by atoms with Crippen molar-refractivity contribution in [3.05, 3.63) is 0 Å². The summed E-state index contributed by atoms with van der Waals surface area (Å²) in [6, 6.07) is -0.584. The van der Waals surface area contributed by atoms with Crippen molar-refractivity contribution in [2.45, 2.75) is 38.6 Å². The van der Waals surface area contributed by atoms with E-state index in [-0.39, 0.29) is 5.97 Å². The van der Waals surface area contributed by atoms with E-state index in [4.69, 9.17) is 18.9 Å². The molecular formula is C10H19I2N2O3-. The predicted molar refractivity (Wildman–Crippen MR) is 70.8 cm³/mol.